The second kappa shape index (κ2) is 5.67. The van der Waals surface area contributed by atoms with E-state index in [4.69, 9.17) is 9.68 Å². The van der Waals surface area contributed by atoms with Crippen LogP contribution in [0, 0.1) is 11.3 Å². The van der Waals surface area contributed by atoms with E-state index >= 15 is 0 Å². The van der Waals surface area contributed by atoms with Crippen molar-refractivity contribution in [2.75, 3.05) is 16.3 Å². The second-order valence-corrected chi connectivity index (χ2v) is 5.93. The van der Waals surface area contributed by atoms with Gasteiger partial charge < -0.3 is 9.73 Å². The molecule has 0 saturated heterocycles. The van der Waals surface area contributed by atoms with E-state index in [-0.39, 0.29) is 5.76 Å². The molecule has 2 N–H and O–H groups in total. The number of nitrogens with zero attached hydrogens (tertiary/aromatic N) is 1. The molecule has 0 aliphatic carbocycles. The molecule has 0 aliphatic rings. The fourth-order valence-corrected chi connectivity index (χ4v) is 2.18. The Hall–Kier alpha value is -2.46. The Bertz CT molecular complexity index is 744. The lowest BCUT2D eigenvalue weighted by molar-refractivity contribution is 0.506. The van der Waals surface area contributed by atoms with Crippen LogP contribution < -0.4 is 10.0 Å². The highest BCUT2D eigenvalue weighted by molar-refractivity contribution is 7.92. The highest BCUT2D eigenvalue weighted by Crippen LogP contribution is 2.17. The highest BCUT2D eigenvalue weighted by atomic mass is 32.2. The van der Waals surface area contributed by atoms with E-state index in [0.717, 1.165) is 11.9 Å². The van der Waals surface area contributed by atoms with E-state index in [2.05, 4.69) is 10.0 Å². The second-order valence-electron chi connectivity index (χ2n) is 4.19. The molecule has 1 heterocycles. The largest absolute Gasteiger partial charge is 0.449 e. The molecule has 0 spiro atoms. The smallest absolute Gasteiger partial charge is 0.229 e. The summed E-state index contributed by atoms with van der Waals surface area (Å²) in [4.78, 5) is 0. The first-order chi connectivity index (χ1) is 9.46. The van der Waals surface area contributed by atoms with Crippen LogP contribution in [-0.4, -0.2) is 14.7 Å². The molecule has 1 aromatic heterocycles. The van der Waals surface area contributed by atoms with Crippen molar-refractivity contribution < 1.29 is 12.8 Å². The van der Waals surface area contributed by atoms with Gasteiger partial charge in [0.05, 0.1) is 18.5 Å². The lowest BCUT2D eigenvalue weighted by Crippen LogP contribution is -2.09. The first kappa shape index (κ1) is 14.0. The lowest BCUT2D eigenvalue weighted by Gasteiger charge is -2.08. The number of nitrogens with one attached hydrogen (secondary N) is 2. The van der Waals surface area contributed by atoms with Gasteiger partial charge in [-0.2, -0.15) is 5.26 Å². The maximum absolute atomic E-state index is 11.1. The Labute approximate surface area is 117 Å². The summed E-state index contributed by atoms with van der Waals surface area (Å²) >= 11 is 0. The molecule has 0 amide bonds. The fourth-order valence-electron chi connectivity index (χ4n) is 1.63. The predicted octanol–water partition coefficient (Wildman–Crippen LogP) is 2.13. The minimum absolute atomic E-state index is 0.259. The molecular weight excluding hydrogens is 278 g/mol. The Morgan fingerprint density at radius 2 is 2.00 bits per heavy atom. The van der Waals surface area contributed by atoms with Gasteiger partial charge in [0, 0.05) is 5.69 Å². The molecule has 20 heavy (non-hydrogen) atoms. The maximum Gasteiger partial charge on any atom is 0.229 e. The van der Waals surface area contributed by atoms with Gasteiger partial charge in [-0.3, -0.25) is 4.72 Å². The Balaban J connectivity index is 2.03. The summed E-state index contributed by atoms with van der Waals surface area (Å²) in [5, 5.41) is 11.7. The van der Waals surface area contributed by atoms with Crippen LogP contribution in [-0.2, 0) is 16.6 Å². The average molecular weight is 291 g/mol. The van der Waals surface area contributed by atoms with Crippen molar-refractivity contribution in [3.8, 4) is 6.07 Å². The van der Waals surface area contributed by atoms with Gasteiger partial charge in [0.2, 0.25) is 15.8 Å². The molecule has 0 saturated carbocycles. The first-order valence-electron chi connectivity index (χ1n) is 5.77. The van der Waals surface area contributed by atoms with Crippen molar-refractivity contribution in [2.45, 2.75) is 6.54 Å². The summed E-state index contributed by atoms with van der Waals surface area (Å²) in [7, 11) is -3.29. The van der Waals surface area contributed by atoms with E-state index in [0.29, 0.717) is 18.0 Å². The number of furan rings is 1. The van der Waals surface area contributed by atoms with E-state index in [1.165, 1.54) is 0 Å². The summed E-state index contributed by atoms with van der Waals surface area (Å²) in [5.41, 5.74) is 1.23. The van der Waals surface area contributed by atoms with E-state index < -0.39 is 10.0 Å². The summed E-state index contributed by atoms with van der Waals surface area (Å²) < 4.78 is 29.9. The molecule has 0 unspecified atom stereocenters. The Kier molecular flexibility index (Phi) is 3.96. The third kappa shape index (κ3) is 4.03. The van der Waals surface area contributed by atoms with Crippen LogP contribution in [0.15, 0.2) is 40.8 Å². The molecule has 0 atom stereocenters. The minimum Gasteiger partial charge on any atom is -0.449 e. The highest BCUT2D eigenvalue weighted by Gasteiger charge is 2.04. The number of benzene rings is 1. The maximum atomic E-state index is 11.1. The van der Waals surface area contributed by atoms with E-state index in [9.17, 15) is 8.42 Å². The zero-order valence-corrected chi connectivity index (χ0v) is 11.6. The number of hydrogen-bond donors (Lipinski definition) is 2. The van der Waals surface area contributed by atoms with Gasteiger partial charge in [0.15, 0.2) is 0 Å². The Morgan fingerprint density at radius 1 is 1.25 bits per heavy atom. The number of hydrogen-bond acceptors (Lipinski definition) is 5. The summed E-state index contributed by atoms with van der Waals surface area (Å²) in [6.45, 7) is 0.407. The topological polar surface area (TPSA) is 95.1 Å². The molecule has 0 fully saturated rings. The number of anilines is 2. The van der Waals surface area contributed by atoms with Crippen molar-refractivity contribution >= 4 is 21.4 Å². The normalized spacial score (nSPS) is 10.8. The quantitative estimate of drug-likeness (QED) is 0.880. The predicted molar refractivity (Wildman–Crippen MR) is 75.7 cm³/mol. The van der Waals surface area contributed by atoms with Crippen LogP contribution in [0.5, 0.6) is 0 Å². The fraction of sp³-hybridized carbons (Fsp3) is 0.154. The van der Waals surface area contributed by atoms with Gasteiger partial charge in [0.25, 0.3) is 0 Å². The third-order valence-corrected chi connectivity index (χ3v) is 3.01. The van der Waals surface area contributed by atoms with E-state index in [1.807, 2.05) is 12.1 Å². The molecule has 1 aromatic carbocycles. The molecule has 7 heteroatoms. The molecule has 0 bridgehead atoms. The van der Waals surface area contributed by atoms with Crippen LogP contribution in [0.4, 0.5) is 11.4 Å². The van der Waals surface area contributed by atoms with Crippen LogP contribution in [0.3, 0.4) is 0 Å². The van der Waals surface area contributed by atoms with Crippen LogP contribution in [0.2, 0.25) is 0 Å². The lowest BCUT2D eigenvalue weighted by atomic mass is 10.3. The standard InChI is InChI=1S/C13H13N3O3S/c1-20(17,18)16-11-4-2-3-10(7-11)15-9-13-6-5-12(8-14)19-13/h2-7,15-16H,9H2,1H3. The zero-order valence-electron chi connectivity index (χ0n) is 10.8. The van der Waals surface area contributed by atoms with Crippen LogP contribution in [0.25, 0.3) is 0 Å². The first-order valence-corrected chi connectivity index (χ1v) is 7.66. The monoisotopic (exact) mass is 291 g/mol. The van der Waals surface area contributed by atoms with Gasteiger partial charge >= 0.3 is 0 Å². The van der Waals surface area contributed by atoms with Crippen molar-refractivity contribution in [1.29, 1.82) is 5.26 Å². The molecule has 0 aliphatic heterocycles. The van der Waals surface area contributed by atoms with Crippen LogP contribution in [0.1, 0.15) is 11.5 Å². The van der Waals surface area contributed by atoms with Crippen LogP contribution >= 0.6 is 0 Å². The number of nitriles is 1. The number of rotatable bonds is 5. The van der Waals surface area contributed by atoms with Crippen molar-refractivity contribution in [3.05, 3.63) is 47.9 Å². The van der Waals surface area contributed by atoms with Gasteiger partial charge in [-0.15, -0.1) is 0 Å². The van der Waals surface area contributed by atoms with Crippen molar-refractivity contribution in [3.63, 3.8) is 0 Å². The molecule has 2 aromatic rings. The molecule has 0 radical (unpaired) electrons. The van der Waals surface area contributed by atoms with Gasteiger partial charge in [0.1, 0.15) is 11.8 Å². The SMILES string of the molecule is CS(=O)(=O)Nc1cccc(NCc2ccc(C#N)o2)c1. The summed E-state index contributed by atoms with van der Waals surface area (Å²) in [6.07, 6.45) is 1.10. The molecule has 2 rings (SSSR count). The summed E-state index contributed by atoms with van der Waals surface area (Å²) in [5.74, 6) is 0.886. The third-order valence-electron chi connectivity index (χ3n) is 2.40. The van der Waals surface area contributed by atoms with Gasteiger partial charge in [-0.1, -0.05) is 6.07 Å². The molecule has 6 nitrogen and oxygen atoms in total. The van der Waals surface area contributed by atoms with Gasteiger partial charge in [-0.05, 0) is 30.3 Å². The summed E-state index contributed by atoms with van der Waals surface area (Å²) in [6, 6.07) is 12.1. The minimum atomic E-state index is -3.29. The van der Waals surface area contributed by atoms with Gasteiger partial charge in [-0.25, -0.2) is 8.42 Å². The Morgan fingerprint density at radius 3 is 2.65 bits per heavy atom. The molecule has 104 valence electrons. The zero-order chi connectivity index (χ0) is 14.6. The van der Waals surface area contributed by atoms with Crippen molar-refractivity contribution in [2.24, 2.45) is 0 Å². The number of sulfonamides is 1. The van der Waals surface area contributed by atoms with Crippen molar-refractivity contribution in [1.82, 2.24) is 0 Å². The van der Waals surface area contributed by atoms with E-state index in [1.54, 1.807) is 30.3 Å². The average Bonchev–Trinajstić information content (AvgIpc) is 2.83. The molecular formula is C13H13N3O3S.